The fourth-order valence-electron chi connectivity index (χ4n) is 3.78. The van der Waals surface area contributed by atoms with E-state index in [1.54, 1.807) is 23.7 Å². The molecule has 0 amide bonds. The van der Waals surface area contributed by atoms with Crippen molar-refractivity contribution in [1.82, 2.24) is 9.78 Å². The number of carbonyl (C=O) groups is 1. The lowest BCUT2D eigenvalue weighted by Gasteiger charge is -2.39. The molecule has 0 saturated carbocycles. The Morgan fingerprint density at radius 3 is 2.53 bits per heavy atom. The van der Waals surface area contributed by atoms with E-state index >= 15 is 0 Å². The lowest BCUT2D eigenvalue weighted by atomic mass is 9.99. The van der Waals surface area contributed by atoms with Crippen molar-refractivity contribution in [2.75, 3.05) is 13.7 Å². The minimum atomic E-state index is -1.64. The van der Waals surface area contributed by atoms with Gasteiger partial charge in [-0.1, -0.05) is 12.1 Å². The fraction of sp³-hybridized carbons (Fsp3) is 0.565. The van der Waals surface area contributed by atoms with Crippen molar-refractivity contribution in [1.29, 1.82) is 0 Å². The number of ether oxygens (including phenoxy) is 4. The first-order valence-corrected chi connectivity index (χ1v) is 10.9. The summed E-state index contributed by atoms with van der Waals surface area (Å²) in [5.41, 5.74) is 2.54. The lowest BCUT2D eigenvalue weighted by Crippen LogP contribution is -2.60. The summed E-state index contributed by atoms with van der Waals surface area (Å²) < 4.78 is 36.9. The third-order valence-corrected chi connectivity index (χ3v) is 5.73. The number of aliphatic hydroxyl groups is 3. The summed E-state index contributed by atoms with van der Waals surface area (Å²) >= 11 is 0. The van der Waals surface area contributed by atoms with Crippen molar-refractivity contribution < 1.29 is 43.5 Å². The molecule has 3 rings (SSSR count). The van der Waals surface area contributed by atoms with Gasteiger partial charge in [-0.15, -0.1) is 5.10 Å². The van der Waals surface area contributed by atoms with Crippen LogP contribution in [0.2, 0.25) is 0 Å². The molecule has 10 nitrogen and oxygen atoms in total. The van der Waals surface area contributed by atoms with Crippen LogP contribution in [0.3, 0.4) is 0 Å². The minimum absolute atomic E-state index is 0.0372. The van der Waals surface area contributed by atoms with Gasteiger partial charge in [-0.25, -0.2) is 9.18 Å². The molecule has 5 atom stereocenters. The van der Waals surface area contributed by atoms with Gasteiger partial charge in [-0.2, -0.15) is 0 Å². The molecule has 1 saturated heterocycles. The Labute approximate surface area is 196 Å². The third kappa shape index (κ3) is 5.49. The third-order valence-electron chi connectivity index (χ3n) is 5.73. The zero-order chi connectivity index (χ0) is 25.2. The number of nitrogens with zero attached hydrogens (tertiary/aromatic N) is 2. The first-order chi connectivity index (χ1) is 16.0. The highest BCUT2D eigenvalue weighted by Crippen LogP contribution is 2.31. The van der Waals surface area contributed by atoms with E-state index in [-0.39, 0.29) is 24.2 Å². The average Bonchev–Trinajstić information content (AvgIpc) is 3.10. The molecule has 1 aliphatic rings. The maximum absolute atomic E-state index is 14.6. The van der Waals surface area contributed by atoms with E-state index < -0.39 is 43.5 Å². The molecule has 0 unspecified atom stereocenters. The topological polar surface area (TPSA) is 132 Å². The number of rotatable bonds is 7. The van der Waals surface area contributed by atoms with E-state index in [9.17, 15) is 24.5 Å². The van der Waals surface area contributed by atoms with Gasteiger partial charge in [0.05, 0.1) is 7.11 Å². The Morgan fingerprint density at radius 1 is 1.21 bits per heavy atom. The van der Waals surface area contributed by atoms with Crippen LogP contribution in [0, 0.1) is 19.7 Å². The first-order valence-electron chi connectivity index (χ1n) is 10.9. The Kier molecular flexibility index (Phi) is 8.13. The second-order valence-corrected chi connectivity index (χ2v) is 8.58. The molecule has 2 aromatic rings. The SMILES string of the molecule is COC(=O)OC[C@H]1O[C@@H](Oc2nn(C(C)C)c(C)c2Cc2ccc(C)cc2F)[C@H](O)[C@@H](O)[C@@H]1O. The van der Waals surface area contributed by atoms with Crippen molar-refractivity contribution in [3.8, 4) is 5.88 Å². The highest BCUT2D eigenvalue weighted by Gasteiger charge is 2.46. The number of aryl methyl sites for hydroxylation is 1. The molecular formula is C23H31FN2O8. The number of aliphatic hydroxyl groups excluding tert-OH is 3. The Hall–Kier alpha value is -2.73. The summed E-state index contributed by atoms with van der Waals surface area (Å²) in [4.78, 5) is 11.3. The molecule has 188 valence electrons. The largest absolute Gasteiger partial charge is 0.508 e. The normalized spacial score (nSPS) is 24.8. The summed E-state index contributed by atoms with van der Waals surface area (Å²) in [6.45, 7) is 7.02. The van der Waals surface area contributed by atoms with Crippen LogP contribution in [0.1, 0.15) is 42.3 Å². The average molecular weight is 483 g/mol. The summed E-state index contributed by atoms with van der Waals surface area (Å²) in [5.74, 6) is -0.276. The predicted octanol–water partition coefficient (Wildman–Crippen LogP) is 1.78. The molecule has 11 heteroatoms. The number of benzene rings is 1. The highest BCUT2D eigenvalue weighted by molar-refractivity contribution is 5.59. The van der Waals surface area contributed by atoms with Gasteiger partial charge in [-0.05, 0) is 44.9 Å². The van der Waals surface area contributed by atoms with Gasteiger partial charge in [0.1, 0.15) is 36.8 Å². The summed E-state index contributed by atoms with van der Waals surface area (Å²) in [5, 5.41) is 35.4. The molecule has 1 fully saturated rings. The molecule has 34 heavy (non-hydrogen) atoms. The molecule has 2 heterocycles. The zero-order valence-corrected chi connectivity index (χ0v) is 19.8. The molecule has 1 aliphatic heterocycles. The van der Waals surface area contributed by atoms with Gasteiger partial charge < -0.3 is 34.3 Å². The summed E-state index contributed by atoms with van der Waals surface area (Å²) in [6, 6.07) is 4.89. The quantitative estimate of drug-likeness (QED) is 0.505. The van der Waals surface area contributed by atoms with Crippen molar-refractivity contribution in [3.63, 3.8) is 0 Å². The van der Waals surface area contributed by atoms with Crippen molar-refractivity contribution >= 4 is 6.16 Å². The van der Waals surface area contributed by atoms with Crippen LogP contribution in [-0.4, -0.2) is 75.7 Å². The molecule has 0 spiro atoms. The summed E-state index contributed by atoms with van der Waals surface area (Å²) in [6.07, 6.45) is -8.29. The van der Waals surface area contributed by atoms with Crippen LogP contribution in [0.15, 0.2) is 18.2 Å². The second kappa shape index (κ2) is 10.7. The summed E-state index contributed by atoms with van der Waals surface area (Å²) in [7, 11) is 1.12. The number of methoxy groups -OCH3 is 1. The van der Waals surface area contributed by atoms with Crippen LogP contribution in [-0.2, 0) is 20.6 Å². The van der Waals surface area contributed by atoms with Crippen LogP contribution in [0.5, 0.6) is 5.88 Å². The number of aromatic nitrogens is 2. The number of hydrogen-bond donors (Lipinski definition) is 3. The highest BCUT2D eigenvalue weighted by atomic mass is 19.1. The molecule has 1 aromatic carbocycles. The maximum Gasteiger partial charge on any atom is 0.508 e. The zero-order valence-electron chi connectivity index (χ0n) is 19.8. The molecule has 0 radical (unpaired) electrons. The van der Waals surface area contributed by atoms with Gasteiger partial charge in [0.15, 0.2) is 0 Å². The second-order valence-electron chi connectivity index (χ2n) is 8.58. The van der Waals surface area contributed by atoms with E-state index in [0.717, 1.165) is 18.4 Å². The molecule has 3 N–H and O–H groups in total. The van der Waals surface area contributed by atoms with Crippen molar-refractivity contribution in [2.45, 2.75) is 70.9 Å². The van der Waals surface area contributed by atoms with E-state index in [4.69, 9.17) is 14.2 Å². The number of hydrogen-bond acceptors (Lipinski definition) is 9. The van der Waals surface area contributed by atoms with Crippen LogP contribution in [0.25, 0.3) is 0 Å². The molecule has 0 aliphatic carbocycles. The van der Waals surface area contributed by atoms with Crippen LogP contribution in [0.4, 0.5) is 9.18 Å². The first kappa shape index (κ1) is 25.9. The fourth-order valence-corrected chi connectivity index (χ4v) is 3.78. The van der Waals surface area contributed by atoms with E-state index in [2.05, 4.69) is 9.84 Å². The van der Waals surface area contributed by atoms with Gasteiger partial charge in [-0.3, -0.25) is 4.68 Å². The number of halogens is 1. The number of carbonyl (C=O) groups excluding carboxylic acids is 1. The van der Waals surface area contributed by atoms with Gasteiger partial charge >= 0.3 is 6.16 Å². The van der Waals surface area contributed by atoms with Gasteiger partial charge in [0, 0.05) is 23.7 Å². The molecular weight excluding hydrogens is 451 g/mol. The Balaban J connectivity index is 1.89. The van der Waals surface area contributed by atoms with E-state index in [1.807, 2.05) is 20.8 Å². The van der Waals surface area contributed by atoms with Gasteiger partial charge in [0.2, 0.25) is 12.2 Å². The Morgan fingerprint density at radius 2 is 1.91 bits per heavy atom. The standard InChI is InChI=1S/C23H31FN2O8/c1-11(2)26-13(4)15(9-14-7-6-12(3)8-16(14)24)21(25-26)34-22-20(29)19(28)18(27)17(33-22)10-32-23(30)31-5/h6-8,11,17-20,22,27-29H,9-10H2,1-5H3/t17-,18-,19+,20-,22+/m1/s1. The smallest absolute Gasteiger partial charge is 0.443 e. The predicted molar refractivity (Wildman–Crippen MR) is 117 cm³/mol. The monoisotopic (exact) mass is 482 g/mol. The minimum Gasteiger partial charge on any atom is -0.443 e. The maximum atomic E-state index is 14.6. The Bertz CT molecular complexity index is 1010. The molecule has 1 aromatic heterocycles. The van der Waals surface area contributed by atoms with E-state index in [1.165, 1.54) is 6.07 Å². The van der Waals surface area contributed by atoms with Crippen LogP contribution >= 0.6 is 0 Å². The van der Waals surface area contributed by atoms with E-state index in [0.29, 0.717) is 11.1 Å². The van der Waals surface area contributed by atoms with Crippen molar-refractivity contribution in [3.05, 3.63) is 46.4 Å². The molecule has 0 bridgehead atoms. The van der Waals surface area contributed by atoms with Crippen molar-refractivity contribution in [2.24, 2.45) is 0 Å². The van der Waals surface area contributed by atoms with Gasteiger partial charge in [0.25, 0.3) is 0 Å². The lowest BCUT2D eigenvalue weighted by molar-refractivity contribution is -0.278. The van der Waals surface area contributed by atoms with Crippen LogP contribution < -0.4 is 4.74 Å².